The summed E-state index contributed by atoms with van der Waals surface area (Å²) in [5.41, 5.74) is 2.66. The van der Waals surface area contributed by atoms with Gasteiger partial charge in [-0.05, 0) is 65.4 Å². The van der Waals surface area contributed by atoms with Crippen LogP contribution in [0.5, 0.6) is 11.5 Å². The number of aliphatic carboxylic acids is 1. The van der Waals surface area contributed by atoms with Crippen LogP contribution in [0.25, 0.3) is 17.2 Å². The molecule has 0 aliphatic rings. The molecule has 0 spiro atoms. The molecule has 32 heavy (non-hydrogen) atoms. The summed E-state index contributed by atoms with van der Waals surface area (Å²) in [5, 5.41) is 9.88. The summed E-state index contributed by atoms with van der Waals surface area (Å²) in [6, 6.07) is 18.3. The molecule has 0 bridgehead atoms. The third-order valence-corrected chi connectivity index (χ3v) is 5.34. The minimum Gasteiger partial charge on any atom is -0.493 e. The molecule has 1 N–H and O–H groups in total. The third-order valence-electron chi connectivity index (χ3n) is 4.48. The van der Waals surface area contributed by atoms with Crippen LogP contribution in [0.15, 0.2) is 81.3 Å². The van der Waals surface area contributed by atoms with Gasteiger partial charge in [-0.25, -0.2) is 14.2 Å². The van der Waals surface area contributed by atoms with E-state index in [0.717, 1.165) is 17.3 Å². The molecule has 0 aliphatic carbocycles. The molecule has 0 amide bonds. The number of rotatable bonds is 8. The third kappa shape index (κ3) is 5.09. The number of carboxylic acids is 1. The number of halogens is 1. The fraction of sp³-hybridized carbons (Fsp3) is 0.0833. The van der Waals surface area contributed by atoms with Gasteiger partial charge in [0, 0.05) is 0 Å². The minimum atomic E-state index is -1.10. The average Bonchev–Trinajstić information content (AvgIpc) is 3.21. The molecular weight excluding hydrogens is 433 g/mol. The van der Waals surface area contributed by atoms with Gasteiger partial charge in [0.25, 0.3) is 5.22 Å². The first kappa shape index (κ1) is 21.5. The summed E-state index contributed by atoms with van der Waals surface area (Å²) in [7, 11) is 1.50. The molecule has 1 heterocycles. The van der Waals surface area contributed by atoms with Crippen LogP contribution in [-0.2, 0) is 11.4 Å². The van der Waals surface area contributed by atoms with Crippen LogP contribution in [0.2, 0.25) is 0 Å². The van der Waals surface area contributed by atoms with Gasteiger partial charge in [0.05, 0.1) is 7.11 Å². The van der Waals surface area contributed by atoms with Crippen molar-refractivity contribution in [3.05, 3.63) is 88.6 Å². The number of oxazole rings is 1. The quantitative estimate of drug-likeness (QED) is 0.269. The van der Waals surface area contributed by atoms with Crippen molar-refractivity contribution in [2.45, 2.75) is 11.8 Å². The van der Waals surface area contributed by atoms with Gasteiger partial charge in [0.15, 0.2) is 17.1 Å². The van der Waals surface area contributed by atoms with Gasteiger partial charge < -0.3 is 19.0 Å². The van der Waals surface area contributed by atoms with Crippen LogP contribution in [0.3, 0.4) is 0 Å². The lowest BCUT2D eigenvalue weighted by atomic mass is 10.2. The second-order valence-corrected chi connectivity index (χ2v) is 7.68. The molecule has 4 rings (SSSR count). The van der Waals surface area contributed by atoms with E-state index >= 15 is 0 Å². The van der Waals surface area contributed by atoms with E-state index in [0.29, 0.717) is 28.2 Å². The fourth-order valence-corrected chi connectivity index (χ4v) is 3.66. The van der Waals surface area contributed by atoms with Crippen molar-refractivity contribution in [2.75, 3.05) is 7.11 Å². The smallest absolute Gasteiger partial charge is 0.342 e. The van der Waals surface area contributed by atoms with Crippen molar-refractivity contribution in [3.63, 3.8) is 0 Å². The van der Waals surface area contributed by atoms with Crippen LogP contribution >= 0.6 is 11.8 Å². The number of aromatic nitrogens is 1. The van der Waals surface area contributed by atoms with Gasteiger partial charge in [-0.15, -0.1) is 0 Å². The lowest BCUT2D eigenvalue weighted by Gasteiger charge is -2.11. The number of carboxylic acid groups (broad SMARTS) is 1. The summed E-state index contributed by atoms with van der Waals surface area (Å²) in [6.45, 7) is 0.236. The van der Waals surface area contributed by atoms with Crippen LogP contribution in [-0.4, -0.2) is 23.2 Å². The van der Waals surface area contributed by atoms with E-state index in [1.807, 2.05) is 12.1 Å². The zero-order valence-electron chi connectivity index (χ0n) is 16.9. The molecule has 0 saturated heterocycles. The highest BCUT2D eigenvalue weighted by molar-refractivity contribution is 8.03. The second kappa shape index (κ2) is 9.57. The Morgan fingerprint density at radius 1 is 1.12 bits per heavy atom. The highest BCUT2D eigenvalue weighted by atomic mass is 32.2. The number of hydrogen-bond donors (Lipinski definition) is 1. The highest BCUT2D eigenvalue weighted by Crippen LogP contribution is 2.33. The highest BCUT2D eigenvalue weighted by Gasteiger charge is 2.15. The van der Waals surface area contributed by atoms with E-state index in [2.05, 4.69) is 4.98 Å². The Hall–Kier alpha value is -3.78. The number of benzene rings is 3. The molecular formula is C24H18FNO5S. The minimum absolute atomic E-state index is 0.0404. The zero-order valence-corrected chi connectivity index (χ0v) is 17.8. The number of nitrogens with zero attached hydrogens (tertiary/aromatic N) is 1. The second-order valence-electron chi connectivity index (χ2n) is 6.69. The van der Waals surface area contributed by atoms with E-state index in [9.17, 15) is 14.3 Å². The number of fused-ring (bicyclic) bond motifs is 1. The van der Waals surface area contributed by atoms with E-state index < -0.39 is 5.97 Å². The molecule has 3 aromatic carbocycles. The molecule has 0 saturated carbocycles. The number of methoxy groups -OCH3 is 1. The largest absolute Gasteiger partial charge is 0.493 e. The van der Waals surface area contributed by atoms with Gasteiger partial charge >= 0.3 is 5.97 Å². The van der Waals surface area contributed by atoms with Crippen LogP contribution in [0.4, 0.5) is 4.39 Å². The van der Waals surface area contributed by atoms with Gasteiger partial charge in [0.2, 0.25) is 0 Å². The van der Waals surface area contributed by atoms with Crippen LogP contribution in [0, 0.1) is 5.82 Å². The Labute approximate surface area is 187 Å². The summed E-state index contributed by atoms with van der Waals surface area (Å²) in [5.74, 6) is -0.491. The van der Waals surface area contributed by atoms with Crippen molar-refractivity contribution in [2.24, 2.45) is 0 Å². The Kier molecular flexibility index (Phi) is 6.42. The molecule has 8 heteroatoms. The normalized spacial score (nSPS) is 11.5. The first-order valence-corrected chi connectivity index (χ1v) is 10.4. The fourth-order valence-electron chi connectivity index (χ4n) is 2.91. The monoisotopic (exact) mass is 451 g/mol. The summed E-state index contributed by atoms with van der Waals surface area (Å²) >= 11 is 0.925. The Morgan fingerprint density at radius 2 is 1.91 bits per heavy atom. The van der Waals surface area contributed by atoms with Crippen LogP contribution in [0.1, 0.15) is 11.1 Å². The maximum atomic E-state index is 13.0. The molecule has 6 nitrogen and oxygen atoms in total. The number of ether oxygens (including phenoxy) is 2. The lowest BCUT2D eigenvalue weighted by Crippen LogP contribution is -1.99. The van der Waals surface area contributed by atoms with Gasteiger partial charge in [-0.2, -0.15) is 0 Å². The van der Waals surface area contributed by atoms with Crippen molar-refractivity contribution < 1.29 is 28.2 Å². The van der Waals surface area contributed by atoms with Crippen LogP contribution < -0.4 is 9.47 Å². The molecule has 4 aromatic rings. The predicted octanol–water partition coefficient (Wildman–Crippen LogP) is 5.77. The first-order chi connectivity index (χ1) is 15.5. The van der Waals surface area contributed by atoms with E-state index in [4.69, 9.17) is 13.9 Å². The predicted molar refractivity (Wildman–Crippen MR) is 119 cm³/mol. The first-order valence-electron chi connectivity index (χ1n) is 9.55. The van der Waals surface area contributed by atoms with E-state index in [1.165, 1.54) is 25.3 Å². The molecule has 1 aromatic heterocycles. The Morgan fingerprint density at radius 3 is 2.62 bits per heavy atom. The van der Waals surface area contributed by atoms with Gasteiger partial charge in [0.1, 0.15) is 22.8 Å². The SMILES string of the molecule is COc1cc(/C=C(\Sc2nc3ccccc3o2)C(=O)O)ccc1OCc1ccc(F)cc1. The number of hydrogen-bond acceptors (Lipinski definition) is 6. The standard InChI is InChI=1S/C24H18FNO5S/c1-29-21-12-16(8-11-20(21)30-14-15-6-9-17(25)10-7-15)13-22(23(27)28)32-24-26-18-4-2-3-5-19(18)31-24/h2-13H,14H2,1H3,(H,27,28)/b22-13-. The van der Waals surface area contributed by atoms with Crippen molar-refractivity contribution >= 4 is 34.9 Å². The maximum Gasteiger partial charge on any atom is 0.342 e. The number of carbonyl (C=O) groups is 1. The summed E-state index contributed by atoms with van der Waals surface area (Å²) in [6.07, 6.45) is 1.51. The zero-order chi connectivity index (χ0) is 22.5. The molecule has 162 valence electrons. The van der Waals surface area contributed by atoms with Gasteiger partial charge in [-0.3, -0.25) is 0 Å². The Balaban J connectivity index is 1.53. The Bertz CT molecular complexity index is 1250. The van der Waals surface area contributed by atoms with E-state index in [-0.39, 0.29) is 22.6 Å². The molecule has 0 radical (unpaired) electrons. The number of para-hydroxylation sites is 2. The summed E-state index contributed by atoms with van der Waals surface area (Å²) < 4.78 is 29.8. The lowest BCUT2D eigenvalue weighted by molar-refractivity contribution is -0.131. The molecule has 0 aliphatic heterocycles. The van der Waals surface area contributed by atoms with Crippen molar-refractivity contribution in [1.82, 2.24) is 4.98 Å². The van der Waals surface area contributed by atoms with Gasteiger partial charge in [-0.1, -0.05) is 30.3 Å². The van der Waals surface area contributed by atoms with Crippen molar-refractivity contribution in [3.8, 4) is 11.5 Å². The maximum absolute atomic E-state index is 13.0. The van der Waals surface area contributed by atoms with Crippen molar-refractivity contribution in [1.29, 1.82) is 0 Å². The number of thioether (sulfide) groups is 1. The molecule has 0 fully saturated rings. The van der Waals surface area contributed by atoms with E-state index in [1.54, 1.807) is 42.5 Å². The molecule has 0 unspecified atom stereocenters. The summed E-state index contributed by atoms with van der Waals surface area (Å²) in [4.78, 5) is 16.1. The topological polar surface area (TPSA) is 81.8 Å². The average molecular weight is 451 g/mol. The molecule has 0 atom stereocenters.